The van der Waals surface area contributed by atoms with Crippen LogP contribution in [0.5, 0.6) is 5.75 Å². The number of methoxy groups -OCH3 is 1. The minimum absolute atomic E-state index is 0.0665. The van der Waals surface area contributed by atoms with Gasteiger partial charge >= 0.3 is 0 Å². The van der Waals surface area contributed by atoms with Gasteiger partial charge in [0.05, 0.1) is 22.2 Å². The topological polar surface area (TPSA) is 97.4 Å². The molecule has 2 N–H and O–H groups in total. The average Bonchev–Trinajstić information content (AvgIpc) is 3.15. The monoisotopic (exact) mass is 457 g/mol. The molecule has 0 saturated heterocycles. The predicted octanol–water partition coefficient (Wildman–Crippen LogP) is 4.50. The molecule has 1 amide bonds. The Labute approximate surface area is 181 Å². The molecular formula is C21H16FN3O4S2. The number of carbonyl (C=O) groups is 1. The number of sulfonamides is 1. The van der Waals surface area contributed by atoms with E-state index in [1.165, 1.54) is 47.7 Å². The highest BCUT2D eigenvalue weighted by Crippen LogP contribution is 2.29. The highest BCUT2D eigenvalue weighted by molar-refractivity contribution is 7.92. The molecule has 7 nitrogen and oxygen atoms in total. The summed E-state index contributed by atoms with van der Waals surface area (Å²) in [4.78, 5) is 16.8. The molecule has 158 valence electrons. The van der Waals surface area contributed by atoms with E-state index in [2.05, 4.69) is 15.0 Å². The van der Waals surface area contributed by atoms with E-state index in [9.17, 15) is 17.6 Å². The second-order valence-electron chi connectivity index (χ2n) is 6.44. The van der Waals surface area contributed by atoms with Crippen molar-refractivity contribution < 1.29 is 22.3 Å². The number of amides is 1. The minimum atomic E-state index is -3.87. The highest BCUT2D eigenvalue weighted by Gasteiger charge is 2.15. The van der Waals surface area contributed by atoms with Gasteiger partial charge in [-0.15, -0.1) is 0 Å². The number of hydrogen-bond donors (Lipinski definition) is 2. The molecule has 0 unspecified atom stereocenters. The van der Waals surface area contributed by atoms with E-state index >= 15 is 0 Å². The number of aromatic nitrogens is 1. The zero-order valence-corrected chi connectivity index (χ0v) is 17.8. The standard InChI is InChI=1S/C21H16FN3O4S2/c1-29-16-8-11-18-19(12-16)30-21(23-18)24-20(26)13-2-6-15(7-3-13)25-31(27,28)17-9-4-14(22)5-10-17/h2-12,25H,1H3,(H,23,24,26). The van der Waals surface area contributed by atoms with Crippen LogP contribution in [-0.2, 0) is 10.0 Å². The fourth-order valence-corrected chi connectivity index (χ4v) is 4.72. The van der Waals surface area contributed by atoms with Crippen molar-refractivity contribution >= 4 is 48.3 Å². The smallest absolute Gasteiger partial charge is 0.261 e. The molecule has 0 aliphatic heterocycles. The summed E-state index contributed by atoms with van der Waals surface area (Å²) >= 11 is 1.32. The zero-order chi connectivity index (χ0) is 22.0. The normalized spacial score (nSPS) is 11.3. The number of thiazole rings is 1. The third-order valence-corrected chi connectivity index (χ3v) is 6.67. The molecule has 1 aromatic heterocycles. The summed E-state index contributed by atoms with van der Waals surface area (Å²) in [6.07, 6.45) is 0. The number of hydrogen-bond acceptors (Lipinski definition) is 6. The lowest BCUT2D eigenvalue weighted by Crippen LogP contribution is -2.14. The first-order chi connectivity index (χ1) is 14.8. The number of nitrogens with zero attached hydrogens (tertiary/aromatic N) is 1. The number of ether oxygens (including phenoxy) is 1. The first-order valence-corrected chi connectivity index (χ1v) is 11.3. The Kier molecular flexibility index (Phi) is 5.57. The summed E-state index contributed by atoms with van der Waals surface area (Å²) in [5, 5.41) is 3.18. The molecule has 3 aromatic carbocycles. The van der Waals surface area contributed by atoms with E-state index in [1.54, 1.807) is 13.2 Å². The molecule has 0 bridgehead atoms. The molecule has 10 heteroatoms. The average molecular weight is 458 g/mol. The quantitative estimate of drug-likeness (QED) is 0.444. The first-order valence-electron chi connectivity index (χ1n) is 8.98. The maximum atomic E-state index is 13.0. The van der Waals surface area contributed by atoms with E-state index in [4.69, 9.17) is 4.74 Å². The summed E-state index contributed by atoms with van der Waals surface area (Å²) < 4.78 is 46.2. The number of benzene rings is 3. The van der Waals surface area contributed by atoms with Crippen LogP contribution in [0.25, 0.3) is 10.2 Å². The first kappa shape index (κ1) is 20.8. The van der Waals surface area contributed by atoms with Gasteiger partial charge in [0, 0.05) is 11.3 Å². The molecule has 0 radical (unpaired) electrons. The van der Waals surface area contributed by atoms with E-state index in [0.29, 0.717) is 16.4 Å². The predicted molar refractivity (Wildman–Crippen MR) is 118 cm³/mol. The maximum absolute atomic E-state index is 13.0. The van der Waals surface area contributed by atoms with Gasteiger partial charge in [-0.25, -0.2) is 17.8 Å². The lowest BCUT2D eigenvalue weighted by atomic mass is 10.2. The van der Waals surface area contributed by atoms with Crippen LogP contribution in [0.4, 0.5) is 15.2 Å². The van der Waals surface area contributed by atoms with Crippen molar-refractivity contribution in [2.45, 2.75) is 4.90 Å². The third kappa shape index (κ3) is 4.65. The van der Waals surface area contributed by atoms with Crippen LogP contribution in [0.1, 0.15) is 10.4 Å². The summed E-state index contributed by atoms with van der Waals surface area (Å²) in [7, 11) is -2.29. The van der Waals surface area contributed by atoms with E-state index in [0.717, 1.165) is 22.3 Å². The van der Waals surface area contributed by atoms with Crippen molar-refractivity contribution in [1.82, 2.24) is 4.98 Å². The lowest BCUT2D eigenvalue weighted by molar-refractivity contribution is 0.102. The Morgan fingerprint density at radius 3 is 2.42 bits per heavy atom. The van der Waals surface area contributed by atoms with Crippen LogP contribution >= 0.6 is 11.3 Å². The van der Waals surface area contributed by atoms with Gasteiger partial charge in [-0.05, 0) is 66.7 Å². The second kappa shape index (κ2) is 8.32. The van der Waals surface area contributed by atoms with Crippen molar-refractivity contribution in [1.29, 1.82) is 0 Å². The van der Waals surface area contributed by atoms with Crippen molar-refractivity contribution in [2.75, 3.05) is 17.1 Å². The van der Waals surface area contributed by atoms with Crippen LogP contribution in [-0.4, -0.2) is 26.4 Å². The van der Waals surface area contributed by atoms with Crippen molar-refractivity contribution in [3.63, 3.8) is 0 Å². The van der Waals surface area contributed by atoms with Crippen LogP contribution in [0, 0.1) is 5.82 Å². The fourth-order valence-electron chi connectivity index (χ4n) is 2.77. The number of carbonyl (C=O) groups excluding carboxylic acids is 1. The molecule has 0 atom stereocenters. The van der Waals surface area contributed by atoms with Gasteiger partial charge in [0.2, 0.25) is 0 Å². The molecule has 0 aliphatic carbocycles. The molecule has 0 fully saturated rings. The summed E-state index contributed by atoms with van der Waals surface area (Å²) in [5.41, 5.74) is 1.35. The maximum Gasteiger partial charge on any atom is 0.261 e. The third-order valence-electron chi connectivity index (χ3n) is 4.34. The molecule has 0 spiro atoms. The van der Waals surface area contributed by atoms with Gasteiger partial charge in [0.25, 0.3) is 15.9 Å². The zero-order valence-electron chi connectivity index (χ0n) is 16.1. The van der Waals surface area contributed by atoms with Crippen LogP contribution < -0.4 is 14.8 Å². The lowest BCUT2D eigenvalue weighted by Gasteiger charge is -2.09. The molecule has 0 aliphatic rings. The summed E-state index contributed by atoms with van der Waals surface area (Å²) in [6, 6.07) is 15.9. The Balaban J connectivity index is 1.46. The number of halogens is 1. The van der Waals surface area contributed by atoms with Gasteiger partial charge in [0.15, 0.2) is 5.13 Å². The Hall–Kier alpha value is -3.50. The fraction of sp³-hybridized carbons (Fsp3) is 0.0476. The van der Waals surface area contributed by atoms with Crippen molar-refractivity contribution in [3.8, 4) is 5.75 Å². The molecule has 4 rings (SSSR count). The van der Waals surface area contributed by atoms with Gasteiger partial charge in [0.1, 0.15) is 11.6 Å². The molecular weight excluding hydrogens is 441 g/mol. The molecule has 1 heterocycles. The number of anilines is 2. The second-order valence-corrected chi connectivity index (χ2v) is 9.16. The minimum Gasteiger partial charge on any atom is -0.497 e. The number of fused-ring (bicyclic) bond motifs is 1. The van der Waals surface area contributed by atoms with Crippen LogP contribution in [0.2, 0.25) is 0 Å². The highest BCUT2D eigenvalue weighted by atomic mass is 32.2. The van der Waals surface area contributed by atoms with E-state index in [-0.39, 0.29) is 16.5 Å². The molecule has 31 heavy (non-hydrogen) atoms. The van der Waals surface area contributed by atoms with Crippen molar-refractivity contribution in [2.24, 2.45) is 0 Å². The molecule has 0 saturated carbocycles. The van der Waals surface area contributed by atoms with Gasteiger partial charge in [-0.1, -0.05) is 11.3 Å². The van der Waals surface area contributed by atoms with Crippen molar-refractivity contribution in [3.05, 3.63) is 78.1 Å². The Bertz CT molecular complexity index is 1350. The summed E-state index contributed by atoms with van der Waals surface area (Å²) in [5.74, 6) is -0.201. The van der Waals surface area contributed by atoms with Crippen LogP contribution in [0.3, 0.4) is 0 Å². The summed E-state index contributed by atoms with van der Waals surface area (Å²) in [6.45, 7) is 0. The van der Waals surface area contributed by atoms with E-state index in [1.807, 2.05) is 12.1 Å². The Morgan fingerprint density at radius 1 is 1.03 bits per heavy atom. The van der Waals surface area contributed by atoms with Gasteiger partial charge in [-0.2, -0.15) is 0 Å². The Morgan fingerprint density at radius 2 is 1.74 bits per heavy atom. The molecule has 4 aromatic rings. The van der Waals surface area contributed by atoms with Gasteiger partial charge < -0.3 is 4.74 Å². The number of rotatable bonds is 6. The van der Waals surface area contributed by atoms with E-state index < -0.39 is 15.8 Å². The van der Waals surface area contributed by atoms with Crippen LogP contribution in [0.15, 0.2) is 71.6 Å². The SMILES string of the molecule is COc1ccc2nc(NC(=O)c3ccc(NS(=O)(=O)c4ccc(F)cc4)cc3)sc2c1. The largest absolute Gasteiger partial charge is 0.497 e. The van der Waals surface area contributed by atoms with Gasteiger partial charge in [-0.3, -0.25) is 14.8 Å². The number of nitrogens with one attached hydrogen (secondary N) is 2.